The van der Waals surface area contributed by atoms with E-state index in [1.807, 2.05) is 0 Å². The Kier molecular flexibility index (Phi) is 2.73. The van der Waals surface area contributed by atoms with Gasteiger partial charge in [-0.1, -0.05) is 30.2 Å². The van der Waals surface area contributed by atoms with Gasteiger partial charge in [-0.3, -0.25) is 0 Å². The molecule has 1 aliphatic carbocycles. The molecule has 0 nitrogen and oxygen atoms in total. The molecule has 0 spiro atoms. The first kappa shape index (κ1) is 7.59. The van der Waals surface area contributed by atoms with Gasteiger partial charge in [-0.05, 0) is 32.6 Å². The summed E-state index contributed by atoms with van der Waals surface area (Å²) >= 11 is 0. The minimum atomic E-state index is 1.21. The third-order valence-corrected chi connectivity index (χ3v) is 2.02. The summed E-state index contributed by atoms with van der Waals surface area (Å²) in [5, 5.41) is 0. The summed E-state index contributed by atoms with van der Waals surface area (Å²) in [5.74, 6) is 0. The van der Waals surface area contributed by atoms with E-state index in [0.29, 0.717) is 0 Å². The van der Waals surface area contributed by atoms with Crippen LogP contribution in [0.3, 0.4) is 0 Å². The van der Waals surface area contributed by atoms with E-state index < -0.39 is 0 Å². The van der Waals surface area contributed by atoms with Gasteiger partial charge >= 0.3 is 0 Å². The average Bonchev–Trinajstić information content (AvgIpc) is 1.83. The normalized spacial score (nSPS) is 21.3. The Hall–Kier alpha value is -0.520. The third kappa shape index (κ3) is 2.38. The molecule has 0 amide bonds. The number of hydrogen-bond acceptors (Lipinski definition) is 0. The lowest BCUT2D eigenvalue weighted by Gasteiger charge is -2.08. The molecule has 0 aromatic carbocycles. The maximum absolute atomic E-state index is 3.99. The van der Waals surface area contributed by atoms with E-state index in [0.717, 1.165) is 0 Å². The van der Waals surface area contributed by atoms with Crippen LogP contribution in [0.5, 0.6) is 0 Å². The van der Waals surface area contributed by atoms with Gasteiger partial charge in [-0.15, -0.1) is 0 Å². The molecule has 0 saturated heterocycles. The smallest absolute Gasteiger partial charge is 0.0285 e. The van der Waals surface area contributed by atoms with Crippen LogP contribution in [0.1, 0.15) is 39.0 Å². The van der Waals surface area contributed by atoms with Crippen molar-refractivity contribution >= 4 is 0 Å². The molecule has 0 fully saturated rings. The van der Waals surface area contributed by atoms with Gasteiger partial charge in [-0.2, -0.15) is 0 Å². The van der Waals surface area contributed by atoms with Crippen molar-refractivity contribution in [3.8, 4) is 0 Å². The second-order valence-electron chi connectivity index (χ2n) is 3.21. The highest BCUT2D eigenvalue weighted by Gasteiger charge is 1.98. The van der Waals surface area contributed by atoms with E-state index in [2.05, 4.69) is 19.6 Å². The van der Waals surface area contributed by atoms with Crippen LogP contribution in [0.4, 0.5) is 0 Å². The zero-order valence-corrected chi connectivity index (χ0v) is 6.82. The summed E-state index contributed by atoms with van der Waals surface area (Å²) in [6, 6.07) is 0. The topological polar surface area (TPSA) is 0 Å². The highest BCUT2D eigenvalue weighted by Crippen LogP contribution is 2.18. The molecule has 0 unspecified atom stereocenters. The quantitative estimate of drug-likeness (QED) is 0.478. The fraction of sp³-hybridized carbons (Fsp3) is 0.600. The SMILES string of the molecule is C=C1C=C(C)CCCCC1. The van der Waals surface area contributed by atoms with Gasteiger partial charge in [0.05, 0.1) is 0 Å². The van der Waals surface area contributed by atoms with Crippen molar-refractivity contribution in [2.75, 3.05) is 0 Å². The fourth-order valence-electron chi connectivity index (χ4n) is 1.43. The largest absolute Gasteiger partial charge is 0.0958 e. The first-order chi connectivity index (χ1) is 4.79. The molecule has 0 saturated carbocycles. The van der Waals surface area contributed by atoms with Gasteiger partial charge in [-0.25, -0.2) is 0 Å². The zero-order chi connectivity index (χ0) is 7.40. The maximum Gasteiger partial charge on any atom is -0.0285 e. The molecule has 0 radical (unpaired) electrons. The van der Waals surface area contributed by atoms with E-state index in [1.165, 1.54) is 43.3 Å². The van der Waals surface area contributed by atoms with Crippen LogP contribution < -0.4 is 0 Å². The Morgan fingerprint density at radius 1 is 1.20 bits per heavy atom. The van der Waals surface area contributed by atoms with Crippen LogP contribution in [0.25, 0.3) is 0 Å². The average molecular weight is 136 g/mol. The van der Waals surface area contributed by atoms with E-state index in [-0.39, 0.29) is 0 Å². The van der Waals surface area contributed by atoms with E-state index in [4.69, 9.17) is 0 Å². The summed E-state index contributed by atoms with van der Waals surface area (Å²) < 4.78 is 0. The monoisotopic (exact) mass is 136 g/mol. The molecule has 0 bridgehead atoms. The second kappa shape index (κ2) is 3.60. The molecular formula is C10H16. The summed E-state index contributed by atoms with van der Waals surface area (Å²) in [6.45, 7) is 6.19. The van der Waals surface area contributed by atoms with Crippen molar-refractivity contribution < 1.29 is 0 Å². The Balaban J connectivity index is 2.55. The second-order valence-corrected chi connectivity index (χ2v) is 3.21. The number of hydrogen-bond donors (Lipinski definition) is 0. The predicted molar refractivity (Wildman–Crippen MR) is 46.0 cm³/mol. The van der Waals surface area contributed by atoms with E-state index in [1.54, 1.807) is 0 Å². The van der Waals surface area contributed by atoms with Crippen molar-refractivity contribution in [2.24, 2.45) is 0 Å². The van der Waals surface area contributed by atoms with Crippen LogP contribution in [-0.4, -0.2) is 0 Å². The molecule has 0 heteroatoms. The standard InChI is InChI=1S/C10H16/c1-9-6-4-3-5-7-10(2)8-9/h8H,1,3-7H2,2H3. The number of rotatable bonds is 0. The van der Waals surface area contributed by atoms with Crippen molar-refractivity contribution in [1.82, 2.24) is 0 Å². The molecule has 0 aromatic heterocycles. The van der Waals surface area contributed by atoms with Crippen LogP contribution in [-0.2, 0) is 0 Å². The first-order valence-electron chi connectivity index (χ1n) is 4.14. The van der Waals surface area contributed by atoms with Gasteiger partial charge in [0, 0.05) is 0 Å². The Morgan fingerprint density at radius 3 is 2.70 bits per heavy atom. The molecule has 0 heterocycles. The summed E-state index contributed by atoms with van der Waals surface area (Å²) in [5.41, 5.74) is 2.82. The minimum Gasteiger partial charge on any atom is -0.0958 e. The minimum absolute atomic E-state index is 1.21. The summed E-state index contributed by atoms with van der Waals surface area (Å²) in [6.07, 6.45) is 8.82. The molecule has 56 valence electrons. The predicted octanol–water partition coefficient (Wildman–Crippen LogP) is 3.45. The van der Waals surface area contributed by atoms with Crippen LogP contribution in [0.2, 0.25) is 0 Å². The maximum atomic E-state index is 3.99. The van der Waals surface area contributed by atoms with Gasteiger partial charge in [0.2, 0.25) is 0 Å². The highest BCUT2D eigenvalue weighted by molar-refractivity contribution is 5.20. The Bertz CT molecular complexity index is 151. The third-order valence-electron chi connectivity index (χ3n) is 2.02. The lowest BCUT2D eigenvalue weighted by Crippen LogP contribution is -1.88. The molecule has 1 aliphatic rings. The van der Waals surface area contributed by atoms with Gasteiger partial charge in [0.15, 0.2) is 0 Å². The lowest BCUT2D eigenvalue weighted by atomic mass is 9.99. The Labute approximate surface area is 63.6 Å². The van der Waals surface area contributed by atoms with E-state index >= 15 is 0 Å². The molecule has 0 aliphatic heterocycles. The van der Waals surface area contributed by atoms with Crippen molar-refractivity contribution in [3.05, 3.63) is 23.8 Å². The summed E-state index contributed by atoms with van der Waals surface area (Å²) in [7, 11) is 0. The van der Waals surface area contributed by atoms with Crippen LogP contribution in [0.15, 0.2) is 23.8 Å². The van der Waals surface area contributed by atoms with Crippen LogP contribution in [0, 0.1) is 0 Å². The van der Waals surface area contributed by atoms with Gasteiger partial charge in [0.1, 0.15) is 0 Å². The first-order valence-corrected chi connectivity index (χ1v) is 4.14. The van der Waals surface area contributed by atoms with E-state index in [9.17, 15) is 0 Å². The molecule has 10 heavy (non-hydrogen) atoms. The number of allylic oxidation sites excluding steroid dienone is 3. The fourth-order valence-corrected chi connectivity index (χ4v) is 1.43. The zero-order valence-electron chi connectivity index (χ0n) is 6.82. The van der Waals surface area contributed by atoms with Crippen molar-refractivity contribution in [1.29, 1.82) is 0 Å². The molecule has 0 N–H and O–H groups in total. The Morgan fingerprint density at radius 2 is 1.90 bits per heavy atom. The molecular weight excluding hydrogens is 120 g/mol. The van der Waals surface area contributed by atoms with Gasteiger partial charge in [0.25, 0.3) is 0 Å². The van der Waals surface area contributed by atoms with Gasteiger partial charge < -0.3 is 0 Å². The summed E-state index contributed by atoms with van der Waals surface area (Å²) in [4.78, 5) is 0. The molecule has 0 aromatic rings. The van der Waals surface area contributed by atoms with Crippen LogP contribution >= 0.6 is 0 Å². The lowest BCUT2D eigenvalue weighted by molar-refractivity contribution is 0.665. The van der Waals surface area contributed by atoms with Crippen molar-refractivity contribution in [2.45, 2.75) is 39.0 Å². The highest BCUT2D eigenvalue weighted by atomic mass is 14.0. The van der Waals surface area contributed by atoms with Crippen molar-refractivity contribution in [3.63, 3.8) is 0 Å². The molecule has 1 rings (SSSR count). The molecule has 0 atom stereocenters.